The monoisotopic (exact) mass is 504 g/mol. The van der Waals surface area contributed by atoms with Gasteiger partial charge in [-0.25, -0.2) is 21.6 Å². The minimum Gasteiger partial charge on any atom is -0.332 e. The summed E-state index contributed by atoms with van der Waals surface area (Å²) < 4.78 is 54.6. The van der Waals surface area contributed by atoms with Crippen molar-refractivity contribution < 1.29 is 16.8 Å². The first-order valence-electron chi connectivity index (χ1n) is 9.96. The van der Waals surface area contributed by atoms with E-state index in [9.17, 15) is 16.8 Å². The van der Waals surface area contributed by atoms with Gasteiger partial charge in [0.15, 0.2) is 5.11 Å². The first-order valence-corrected chi connectivity index (χ1v) is 13.3. The van der Waals surface area contributed by atoms with E-state index in [1.165, 1.54) is 24.3 Å². The maximum Gasteiger partial charge on any atom is 0.263 e. The van der Waals surface area contributed by atoms with Crippen LogP contribution in [0.15, 0.2) is 88.7 Å². The lowest BCUT2D eigenvalue weighted by Crippen LogP contribution is -2.34. The number of hydrogen-bond donors (Lipinski definition) is 4. The van der Waals surface area contributed by atoms with Crippen LogP contribution in [0.2, 0.25) is 0 Å². The van der Waals surface area contributed by atoms with Gasteiger partial charge < -0.3 is 11.1 Å². The number of sulfonamides is 2. The summed E-state index contributed by atoms with van der Waals surface area (Å²) in [6.07, 6.45) is 0.401. The zero-order chi connectivity index (χ0) is 23.9. The second-order valence-electron chi connectivity index (χ2n) is 7.07. The topological polar surface area (TPSA) is 130 Å². The lowest BCUT2D eigenvalue weighted by atomic mass is 10.2. The van der Waals surface area contributed by atoms with Crippen molar-refractivity contribution in [3.8, 4) is 0 Å². The fraction of sp³-hybridized carbons (Fsp3) is 0.136. The smallest absolute Gasteiger partial charge is 0.263 e. The van der Waals surface area contributed by atoms with Crippen molar-refractivity contribution in [3.05, 3.63) is 90.0 Å². The lowest BCUT2D eigenvalue weighted by Gasteiger charge is -2.12. The summed E-state index contributed by atoms with van der Waals surface area (Å²) in [4.78, 5) is 0.233. The van der Waals surface area contributed by atoms with E-state index in [1.807, 2.05) is 12.1 Å². The van der Waals surface area contributed by atoms with Crippen molar-refractivity contribution in [2.24, 2.45) is 5.73 Å². The van der Waals surface area contributed by atoms with E-state index in [2.05, 4.69) is 14.8 Å². The number of benzene rings is 3. The Hall–Kier alpha value is -2.83. The van der Waals surface area contributed by atoms with Crippen LogP contribution in [0.3, 0.4) is 0 Å². The molecule has 0 aliphatic heterocycles. The molecule has 0 spiro atoms. The number of nitrogens with two attached hydrogens (primary N) is 1. The van der Waals surface area contributed by atoms with Crippen LogP contribution in [-0.2, 0) is 33.0 Å². The van der Waals surface area contributed by atoms with Gasteiger partial charge in [-0.15, -0.1) is 0 Å². The number of nitrogens with one attached hydrogen (secondary N) is 3. The highest BCUT2D eigenvalue weighted by Gasteiger charge is 2.16. The standard InChI is InChI=1S/C22H24N4O4S3/c23-16-18-6-10-19(11-7-18)25-22(31)26-33(29,30)21-12-8-17(9-13-21)14-15-24-32(27,28)20-4-2-1-3-5-20/h1-13,24H,14-16,23H2,(H2,25,26,31). The summed E-state index contributed by atoms with van der Waals surface area (Å²) in [7, 11) is -7.46. The van der Waals surface area contributed by atoms with Gasteiger partial charge >= 0.3 is 0 Å². The first-order chi connectivity index (χ1) is 15.7. The van der Waals surface area contributed by atoms with E-state index in [0.717, 1.165) is 11.1 Å². The van der Waals surface area contributed by atoms with E-state index in [0.29, 0.717) is 18.7 Å². The fourth-order valence-electron chi connectivity index (χ4n) is 2.91. The molecule has 0 aliphatic rings. The Bertz CT molecular complexity index is 1290. The zero-order valence-electron chi connectivity index (χ0n) is 17.6. The van der Waals surface area contributed by atoms with Crippen LogP contribution < -0.4 is 20.5 Å². The molecule has 0 bridgehead atoms. The Kier molecular flexibility index (Phi) is 8.16. The molecule has 0 saturated carbocycles. The summed E-state index contributed by atoms with van der Waals surface area (Å²) in [5.74, 6) is 0. The molecule has 0 amide bonds. The molecule has 0 heterocycles. The molecule has 0 radical (unpaired) electrons. The molecule has 0 atom stereocenters. The summed E-state index contributed by atoms with van der Waals surface area (Å²) in [5, 5.41) is 2.76. The molecule has 0 fully saturated rings. The zero-order valence-corrected chi connectivity index (χ0v) is 20.0. The van der Waals surface area contributed by atoms with E-state index in [1.54, 1.807) is 42.5 Å². The predicted octanol–water partition coefficient (Wildman–Crippen LogP) is 2.34. The van der Waals surface area contributed by atoms with Crippen molar-refractivity contribution >= 4 is 43.1 Å². The van der Waals surface area contributed by atoms with Crippen LogP contribution in [0, 0.1) is 0 Å². The van der Waals surface area contributed by atoms with Crippen LogP contribution >= 0.6 is 12.2 Å². The van der Waals surface area contributed by atoms with Gasteiger partial charge in [0.1, 0.15) is 0 Å². The number of anilines is 1. The van der Waals surface area contributed by atoms with Gasteiger partial charge in [-0.3, -0.25) is 4.72 Å². The van der Waals surface area contributed by atoms with Crippen molar-refractivity contribution in [1.82, 2.24) is 9.44 Å². The van der Waals surface area contributed by atoms with Gasteiger partial charge in [-0.2, -0.15) is 0 Å². The van der Waals surface area contributed by atoms with E-state index in [4.69, 9.17) is 18.0 Å². The quantitative estimate of drug-likeness (QED) is 0.329. The molecule has 0 aromatic heterocycles. The molecule has 3 rings (SSSR count). The molecular weight excluding hydrogens is 480 g/mol. The van der Waals surface area contributed by atoms with Gasteiger partial charge in [0, 0.05) is 18.8 Å². The normalized spacial score (nSPS) is 11.7. The first kappa shape index (κ1) is 24.8. The van der Waals surface area contributed by atoms with Gasteiger partial charge in [0.25, 0.3) is 10.0 Å². The van der Waals surface area contributed by atoms with E-state index >= 15 is 0 Å². The molecule has 3 aromatic rings. The average Bonchev–Trinajstić information content (AvgIpc) is 2.80. The maximum atomic E-state index is 12.6. The average molecular weight is 505 g/mol. The van der Waals surface area contributed by atoms with Crippen LogP contribution in [-0.4, -0.2) is 28.5 Å². The number of rotatable bonds is 9. The number of hydrogen-bond acceptors (Lipinski definition) is 6. The minimum atomic E-state index is -3.87. The molecule has 0 unspecified atom stereocenters. The highest BCUT2D eigenvalue weighted by Crippen LogP contribution is 2.13. The lowest BCUT2D eigenvalue weighted by molar-refractivity contribution is 0.581. The molecule has 11 heteroatoms. The van der Waals surface area contributed by atoms with E-state index in [-0.39, 0.29) is 21.4 Å². The molecule has 8 nitrogen and oxygen atoms in total. The van der Waals surface area contributed by atoms with Crippen molar-refractivity contribution in [2.75, 3.05) is 11.9 Å². The highest BCUT2D eigenvalue weighted by molar-refractivity contribution is 7.92. The molecule has 5 N–H and O–H groups in total. The molecule has 3 aromatic carbocycles. The molecular formula is C22H24N4O4S3. The second-order valence-corrected chi connectivity index (χ2v) is 10.9. The van der Waals surface area contributed by atoms with Gasteiger partial charge in [0.05, 0.1) is 9.79 Å². The summed E-state index contributed by atoms with van der Waals surface area (Å²) >= 11 is 5.11. The Morgan fingerprint density at radius 3 is 1.94 bits per heavy atom. The van der Waals surface area contributed by atoms with Gasteiger partial charge in [0.2, 0.25) is 10.0 Å². The summed E-state index contributed by atoms with van der Waals surface area (Å²) in [6.45, 7) is 0.588. The van der Waals surface area contributed by atoms with Crippen molar-refractivity contribution in [2.45, 2.75) is 22.8 Å². The SMILES string of the molecule is NCc1ccc(NC(=S)NS(=O)(=O)c2ccc(CCNS(=O)(=O)c3ccccc3)cc2)cc1. The van der Waals surface area contributed by atoms with Crippen LogP contribution in [0.4, 0.5) is 5.69 Å². The summed E-state index contributed by atoms with van der Waals surface area (Å²) in [5.41, 5.74) is 7.92. The third kappa shape index (κ3) is 7.07. The van der Waals surface area contributed by atoms with Crippen molar-refractivity contribution in [3.63, 3.8) is 0 Å². The molecule has 174 valence electrons. The van der Waals surface area contributed by atoms with E-state index < -0.39 is 20.0 Å². The Balaban J connectivity index is 1.55. The van der Waals surface area contributed by atoms with Crippen LogP contribution in [0.25, 0.3) is 0 Å². The fourth-order valence-corrected chi connectivity index (χ4v) is 5.32. The number of thiocarbonyl (C=S) groups is 1. The highest BCUT2D eigenvalue weighted by atomic mass is 32.2. The third-order valence-electron chi connectivity index (χ3n) is 4.67. The minimum absolute atomic E-state index is 0.0405. The maximum absolute atomic E-state index is 12.6. The van der Waals surface area contributed by atoms with Crippen molar-refractivity contribution in [1.29, 1.82) is 0 Å². The summed E-state index contributed by atoms with van der Waals surface area (Å²) in [6, 6.07) is 21.4. The predicted molar refractivity (Wildman–Crippen MR) is 133 cm³/mol. The third-order valence-corrected chi connectivity index (χ3v) is 7.84. The van der Waals surface area contributed by atoms with Gasteiger partial charge in [-0.05, 0) is 66.2 Å². The molecule has 33 heavy (non-hydrogen) atoms. The Morgan fingerprint density at radius 2 is 1.33 bits per heavy atom. The second kappa shape index (κ2) is 10.9. The Morgan fingerprint density at radius 1 is 0.758 bits per heavy atom. The molecule has 0 saturated heterocycles. The Labute approximate surface area is 199 Å². The largest absolute Gasteiger partial charge is 0.332 e. The molecule has 0 aliphatic carbocycles. The van der Waals surface area contributed by atoms with Crippen LogP contribution in [0.1, 0.15) is 11.1 Å². The van der Waals surface area contributed by atoms with Crippen LogP contribution in [0.5, 0.6) is 0 Å². The van der Waals surface area contributed by atoms with Gasteiger partial charge in [-0.1, -0.05) is 42.5 Å².